The number of nitrogens with zero attached hydrogens (tertiary/aromatic N) is 2. The summed E-state index contributed by atoms with van der Waals surface area (Å²) in [5.41, 5.74) is 0. The van der Waals surface area contributed by atoms with Crippen LogP contribution in [0.2, 0.25) is 0 Å². The van der Waals surface area contributed by atoms with E-state index in [1.165, 1.54) is 17.7 Å². The van der Waals surface area contributed by atoms with Crippen molar-refractivity contribution in [2.24, 2.45) is 0 Å². The highest BCUT2D eigenvalue weighted by molar-refractivity contribution is 7.16. The molecule has 2 aromatic heterocycles. The summed E-state index contributed by atoms with van der Waals surface area (Å²) in [6, 6.07) is 11.1. The topological polar surface area (TPSA) is 64.1 Å². The molecule has 0 saturated carbocycles. The number of rotatable bonds is 4. The largest absolute Gasteiger partial charge is 0.484 e. The van der Waals surface area contributed by atoms with Gasteiger partial charge in [0.2, 0.25) is 0 Å². The van der Waals surface area contributed by atoms with Crippen molar-refractivity contribution >= 4 is 33.3 Å². The van der Waals surface area contributed by atoms with Crippen molar-refractivity contribution in [1.82, 2.24) is 9.97 Å². The zero-order valence-electron chi connectivity index (χ0n) is 10.4. The molecule has 0 saturated heterocycles. The fourth-order valence-electron chi connectivity index (χ4n) is 1.72. The molecule has 3 rings (SSSR count). The number of hydrogen-bond donors (Lipinski definition) is 1. The van der Waals surface area contributed by atoms with E-state index < -0.39 is 0 Å². The first-order valence-electron chi connectivity index (χ1n) is 5.99. The molecule has 0 fully saturated rings. The molecular formula is C14H11N3O2S. The van der Waals surface area contributed by atoms with E-state index in [0.29, 0.717) is 11.6 Å². The maximum absolute atomic E-state index is 11.9. The van der Waals surface area contributed by atoms with Crippen LogP contribution in [0.4, 0.5) is 5.82 Å². The van der Waals surface area contributed by atoms with Gasteiger partial charge in [0.25, 0.3) is 5.91 Å². The molecule has 2 heterocycles. The van der Waals surface area contributed by atoms with Crippen molar-refractivity contribution in [3.63, 3.8) is 0 Å². The van der Waals surface area contributed by atoms with Gasteiger partial charge in [0.1, 0.15) is 22.7 Å². The average Bonchev–Trinajstić information content (AvgIpc) is 2.96. The van der Waals surface area contributed by atoms with Crippen molar-refractivity contribution in [1.29, 1.82) is 0 Å². The number of para-hydroxylation sites is 1. The fraction of sp³-hybridized carbons (Fsp3) is 0.0714. The zero-order chi connectivity index (χ0) is 13.8. The lowest BCUT2D eigenvalue weighted by atomic mass is 10.3. The van der Waals surface area contributed by atoms with E-state index in [2.05, 4.69) is 15.3 Å². The molecule has 1 aromatic carbocycles. The lowest BCUT2D eigenvalue weighted by molar-refractivity contribution is -0.118. The molecule has 3 aromatic rings. The molecule has 0 bridgehead atoms. The van der Waals surface area contributed by atoms with E-state index in [1.54, 1.807) is 12.1 Å². The minimum atomic E-state index is -0.250. The Morgan fingerprint density at radius 1 is 1.20 bits per heavy atom. The summed E-state index contributed by atoms with van der Waals surface area (Å²) in [5.74, 6) is 0.920. The van der Waals surface area contributed by atoms with Crippen LogP contribution in [0.3, 0.4) is 0 Å². The molecule has 100 valence electrons. The van der Waals surface area contributed by atoms with E-state index >= 15 is 0 Å². The van der Waals surface area contributed by atoms with Crippen LogP contribution >= 0.6 is 11.3 Å². The van der Waals surface area contributed by atoms with E-state index in [1.807, 2.05) is 29.6 Å². The Morgan fingerprint density at radius 2 is 2.05 bits per heavy atom. The molecule has 0 atom stereocenters. The van der Waals surface area contributed by atoms with Gasteiger partial charge in [0.05, 0.1) is 5.39 Å². The maximum Gasteiger partial charge on any atom is 0.263 e. The monoisotopic (exact) mass is 285 g/mol. The molecule has 1 N–H and O–H groups in total. The third-order valence-electron chi connectivity index (χ3n) is 2.63. The molecule has 6 heteroatoms. The molecule has 0 aliphatic rings. The van der Waals surface area contributed by atoms with Crippen molar-refractivity contribution < 1.29 is 9.53 Å². The summed E-state index contributed by atoms with van der Waals surface area (Å²) in [7, 11) is 0. The van der Waals surface area contributed by atoms with Crippen LogP contribution < -0.4 is 10.1 Å². The number of fused-ring (bicyclic) bond motifs is 1. The van der Waals surface area contributed by atoms with Crippen LogP contribution in [0.1, 0.15) is 0 Å². The molecule has 0 spiro atoms. The highest BCUT2D eigenvalue weighted by atomic mass is 32.1. The number of carbonyl (C=O) groups excluding carboxylic acids is 1. The standard InChI is InChI=1S/C14H11N3O2S/c18-12(8-19-10-4-2-1-3-5-10)17-13-11-6-7-20-14(11)16-9-15-13/h1-7,9H,8H2,(H,15,16,17,18). The average molecular weight is 285 g/mol. The highest BCUT2D eigenvalue weighted by Gasteiger charge is 2.09. The highest BCUT2D eigenvalue weighted by Crippen LogP contribution is 2.23. The Labute approximate surface area is 119 Å². The van der Waals surface area contributed by atoms with Gasteiger partial charge in [0.15, 0.2) is 6.61 Å². The van der Waals surface area contributed by atoms with Crippen LogP contribution in [0.15, 0.2) is 48.1 Å². The van der Waals surface area contributed by atoms with Crippen molar-refractivity contribution in [2.75, 3.05) is 11.9 Å². The Bertz CT molecular complexity index is 727. The molecule has 1 amide bonds. The Morgan fingerprint density at radius 3 is 2.90 bits per heavy atom. The van der Waals surface area contributed by atoms with Crippen molar-refractivity contribution in [3.8, 4) is 5.75 Å². The van der Waals surface area contributed by atoms with E-state index in [0.717, 1.165) is 10.2 Å². The van der Waals surface area contributed by atoms with Crippen LogP contribution in [0.5, 0.6) is 5.75 Å². The lowest BCUT2D eigenvalue weighted by Crippen LogP contribution is -2.20. The second kappa shape index (κ2) is 5.66. The third-order valence-corrected chi connectivity index (χ3v) is 3.45. The number of ether oxygens (including phenoxy) is 1. The molecule has 0 unspecified atom stereocenters. The van der Waals surface area contributed by atoms with Gasteiger partial charge in [-0.1, -0.05) is 18.2 Å². The first-order chi connectivity index (χ1) is 9.83. The van der Waals surface area contributed by atoms with Gasteiger partial charge < -0.3 is 10.1 Å². The summed E-state index contributed by atoms with van der Waals surface area (Å²) >= 11 is 1.51. The predicted octanol–water partition coefficient (Wildman–Crippen LogP) is 2.71. The normalized spacial score (nSPS) is 10.4. The minimum absolute atomic E-state index is 0.0559. The molecule has 0 aliphatic heterocycles. The first kappa shape index (κ1) is 12.6. The fourth-order valence-corrected chi connectivity index (χ4v) is 2.46. The van der Waals surface area contributed by atoms with Gasteiger partial charge >= 0.3 is 0 Å². The molecule has 0 aliphatic carbocycles. The number of carbonyl (C=O) groups is 1. The van der Waals surface area contributed by atoms with Gasteiger partial charge in [-0.05, 0) is 23.6 Å². The first-order valence-corrected chi connectivity index (χ1v) is 6.87. The van der Waals surface area contributed by atoms with Crippen LogP contribution in [0.25, 0.3) is 10.2 Å². The Kier molecular flexibility index (Phi) is 3.56. The minimum Gasteiger partial charge on any atom is -0.484 e. The maximum atomic E-state index is 11.9. The molecule has 5 nitrogen and oxygen atoms in total. The summed E-state index contributed by atoms with van der Waals surface area (Å²) in [6.07, 6.45) is 1.44. The van der Waals surface area contributed by atoms with E-state index in [9.17, 15) is 4.79 Å². The Balaban J connectivity index is 1.66. The molecule has 20 heavy (non-hydrogen) atoms. The summed E-state index contributed by atoms with van der Waals surface area (Å²) in [5, 5.41) is 5.48. The summed E-state index contributed by atoms with van der Waals surface area (Å²) < 4.78 is 5.38. The smallest absolute Gasteiger partial charge is 0.263 e. The van der Waals surface area contributed by atoms with Gasteiger partial charge in [0, 0.05) is 0 Å². The molecule has 0 radical (unpaired) electrons. The van der Waals surface area contributed by atoms with E-state index in [4.69, 9.17) is 4.74 Å². The van der Waals surface area contributed by atoms with Gasteiger partial charge in [-0.3, -0.25) is 4.79 Å². The van der Waals surface area contributed by atoms with Crippen molar-refractivity contribution in [2.45, 2.75) is 0 Å². The summed E-state index contributed by atoms with van der Waals surface area (Å²) in [4.78, 5) is 20.9. The van der Waals surface area contributed by atoms with Crippen molar-refractivity contribution in [3.05, 3.63) is 48.1 Å². The number of nitrogens with one attached hydrogen (secondary N) is 1. The van der Waals surface area contributed by atoms with Crippen LogP contribution in [0, 0.1) is 0 Å². The van der Waals surface area contributed by atoms with Gasteiger partial charge in [-0.15, -0.1) is 11.3 Å². The zero-order valence-corrected chi connectivity index (χ0v) is 11.3. The van der Waals surface area contributed by atoms with E-state index in [-0.39, 0.29) is 12.5 Å². The number of aromatic nitrogens is 2. The summed E-state index contributed by atoms with van der Waals surface area (Å²) in [6.45, 7) is -0.0559. The number of hydrogen-bond acceptors (Lipinski definition) is 5. The quantitative estimate of drug-likeness (QED) is 0.800. The van der Waals surface area contributed by atoms with Gasteiger partial charge in [-0.2, -0.15) is 0 Å². The Hall–Kier alpha value is -2.47. The lowest BCUT2D eigenvalue weighted by Gasteiger charge is -2.07. The second-order valence-electron chi connectivity index (χ2n) is 4.01. The number of benzene rings is 1. The number of anilines is 1. The van der Waals surface area contributed by atoms with Gasteiger partial charge in [-0.25, -0.2) is 9.97 Å². The second-order valence-corrected chi connectivity index (χ2v) is 4.91. The third kappa shape index (κ3) is 2.75. The van der Waals surface area contributed by atoms with Crippen LogP contribution in [-0.4, -0.2) is 22.5 Å². The molecular weight excluding hydrogens is 274 g/mol. The number of thiophene rings is 1. The number of amides is 1. The SMILES string of the molecule is O=C(COc1ccccc1)Nc1ncnc2sccc12. The predicted molar refractivity (Wildman–Crippen MR) is 78.0 cm³/mol. The van der Waals surface area contributed by atoms with Crippen LogP contribution in [-0.2, 0) is 4.79 Å².